The third-order valence-corrected chi connectivity index (χ3v) is 4.58. The minimum absolute atomic E-state index is 0.670. The van der Waals surface area contributed by atoms with E-state index in [9.17, 15) is 8.42 Å². The van der Waals surface area contributed by atoms with E-state index in [1.807, 2.05) is 0 Å². The first-order valence-corrected chi connectivity index (χ1v) is 6.83. The Bertz CT molecular complexity index is 258. The molecule has 0 atom stereocenters. The summed E-state index contributed by atoms with van der Waals surface area (Å²) in [5, 5.41) is 0. The molecule has 0 saturated carbocycles. The van der Waals surface area contributed by atoms with Crippen LogP contribution in [0.25, 0.3) is 0 Å². The van der Waals surface area contributed by atoms with Crippen molar-refractivity contribution < 1.29 is 8.42 Å². The molecule has 0 aromatic heterocycles. The zero-order valence-corrected chi connectivity index (χ0v) is 10.8. The molecular formula is C11H22NO2S. The second kappa shape index (κ2) is 5.30. The average Bonchev–Trinajstić information content (AvgIpc) is 2.19. The molecule has 1 saturated heterocycles. The molecule has 0 amide bonds. The van der Waals surface area contributed by atoms with Gasteiger partial charge in [0.2, 0.25) is 0 Å². The molecule has 1 rings (SSSR count). The predicted octanol–water partition coefficient (Wildman–Crippen LogP) is 1.66. The fourth-order valence-electron chi connectivity index (χ4n) is 2.16. The first-order chi connectivity index (χ1) is 6.98. The van der Waals surface area contributed by atoms with E-state index in [2.05, 4.69) is 18.2 Å². The molecule has 4 heteroatoms. The second-order valence-corrected chi connectivity index (χ2v) is 6.43. The predicted molar refractivity (Wildman–Crippen MR) is 63.3 cm³/mol. The Morgan fingerprint density at radius 2 is 1.87 bits per heavy atom. The molecule has 1 aliphatic rings. The number of likely N-dealkylation sites (tertiary alicyclic amines) is 1. The van der Waals surface area contributed by atoms with Crippen molar-refractivity contribution in [3.63, 3.8) is 0 Å². The highest BCUT2D eigenvalue weighted by Crippen LogP contribution is 2.26. The molecule has 15 heavy (non-hydrogen) atoms. The van der Waals surface area contributed by atoms with Crippen molar-refractivity contribution >= 4 is 10.7 Å². The van der Waals surface area contributed by atoms with Crippen molar-refractivity contribution in [1.82, 2.24) is 4.90 Å². The Labute approximate surface area is 94.8 Å². The Kier molecular flexibility index (Phi) is 4.59. The summed E-state index contributed by atoms with van der Waals surface area (Å²) in [6.07, 6.45) is 5.62. The van der Waals surface area contributed by atoms with E-state index in [4.69, 9.17) is 0 Å². The summed E-state index contributed by atoms with van der Waals surface area (Å²) in [6, 6.07) is 0. The molecule has 1 aliphatic heterocycles. The number of thiol groups is 1. The van der Waals surface area contributed by atoms with E-state index >= 15 is 0 Å². The zero-order valence-electron chi connectivity index (χ0n) is 9.90. The summed E-state index contributed by atoms with van der Waals surface area (Å²) >= 11 is 0. The van der Waals surface area contributed by atoms with E-state index < -0.39 is 15.6 Å². The van der Waals surface area contributed by atoms with Gasteiger partial charge < -0.3 is 0 Å². The van der Waals surface area contributed by atoms with Gasteiger partial charge in [0.05, 0.1) is 0 Å². The Morgan fingerprint density at radius 1 is 1.33 bits per heavy atom. The van der Waals surface area contributed by atoms with E-state index in [0.29, 0.717) is 0 Å². The first kappa shape index (κ1) is 13.0. The summed E-state index contributed by atoms with van der Waals surface area (Å²) in [4.78, 5) is 1.42. The SMILES string of the molecule is C[CH]CC1CCN(C(C)(C)[SH](=O)=O)CC1. The molecule has 89 valence electrons. The topological polar surface area (TPSA) is 37.4 Å². The Morgan fingerprint density at radius 3 is 2.27 bits per heavy atom. The standard InChI is InChI=1S/C11H22NO2S/c1-4-5-10-6-8-12(9-7-10)11(2,3)15(13)14/h4,10,15H,5-9H2,1-3H3. The summed E-state index contributed by atoms with van der Waals surface area (Å²) in [6.45, 7) is 7.50. The van der Waals surface area contributed by atoms with Gasteiger partial charge in [0.15, 0.2) is 10.7 Å². The molecule has 1 heterocycles. The number of hydrogen-bond acceptors (Lipinski definition) is 3. The van der Waals surface area contributed by atoms with E-state index in [1.54, 1.807) is 13.8 Å². The van der Waals surface area contributed by atoms with Crippen LogP contribution in [-0.2, 0) is 10.7 Å². The smallest absolute Gasteiger partial charge is 0.158 e. The molecule has 0 spiro atoms. The number of piperidine rings is 1. The minimum atomic E-state index is -2.37. The fraction of sp³-hybridized carbons (Fsp3) is 0.909. The van der Waals surface area contributed by atoms with Crippen molar-refractivity contribution in [2.75, 3.05) is 13.1 Å². The lowest BCUT2D eigenvalue weighted by Gasteiger charge is -2.39. The van der Waals surface area contributed by atoms with Gasteiger partial charge in [-0.3, -0.25) is 4.90 Å². The largest absolute Gasteiger partial charge is 0.285 e. The van der Waals surface area contributed by atoms with Crippen LogP contribution in [0.3, 0.4) is 0 Å². The van der Waals surface area contributed by atoms with Crippen molar-refractivity contribution in [2.45, 2.75) is 44.9 Å². The van der Waals surface area contributed by atoms with Crippen LogP contribution in [0.2, 0.25) is 0 Å². The lowest BCUT2D eigenvalue weighted by atomic mass is 9.92. The third kappa shape index (κ3) is 3.18. The van der Waals surface area contributed by atoms with E-state index in [-0.39, 0.29) is 0 Å². The van der Waals surface area contributed by atoms with Crippen molar-refractivity contribution in [3.8, 4) is 0 Å². The summed E-state index contributed by atoms with van der Waals surface area (Å²) in [7, 11) is -2.37. The molecular weight excluding hydrogens is 210 g/mol. The molecule has 0 N–H and O–H groups in total. The highest BCUT2D eigenvalue weighted by Gasteiger charge is 2.32. The number of hydrogen-bond donors (Lipinski definition) is 1. The number of nitrogens with zero attached hydrogens (tertiary/aromatic N) is 1. The molecule has 0 aromatic carbocycles. The Balaban J connectivity index is 2.50. The normalized spacial score (nSPS) is 21.1. The van der Waals surface area contributed by atoms with Crippen molar-refractivity contribution in [2.24, 2.45) is 5.92 Å². The minimum Gasteiger partial charge on any atom is -0.285 e. The Hall–Kier alpha value is -0.0900. The molecule has 1 radical (unpaired) electrons. The summed E-state index contributed by atoms with van der Waals surface area (Å²) < 4.78 is 22.2. The summed E-state index contributed by atoms with van der Waals surface area (Å²) in [5.41, 5.74) is 0. The highest BCUT2D eigenvalue weighted by atomic mass is 32.2. The van der Waals surface area contributed by atoms with Crippen LogP contribution in [0.5, 0.6) is 0 Å². The van der Waals surface area contributed by atoms with Gasteiger partial charge in [-0.05, 0) is 58.5 Å². The third-order valence-electron chi connectivity index (χ3n) is 3.40. The van der Waals surface area contributed by atoms with Gasteiger partial charge >= 0.3 is 0 Å². The van der Waals surface area contributed by atoms with Crippen LogP contribution >= 0.6 is 0 Å². The molecule has 0 aliphatic carbocycles. The van der Waals surface area contributed by atoms with Gasteiger partial charge in [-0.1, -0.05) is 6.92 Å². The van der Waals surface area contributed by atoms with Crippen molar-refractivity contribution in [1.29, 1.82) is 0 Å². The molecule has 1 fully saturated rings. The van der Waals surface area contributed by atoms with Gasteiger partial charge in [-0.2, -0.15) is 0 Å². The van der Waals surface area contributed by atoms with Crippen LogP contribution in [0.1, 0.15) is 40.0 Å². The van der Waals surface area contributed by atoms with Gasteiger partial charge in [0.1, 0.15) is 4.87 Å². The van der Waals surface area contributed by atoms with Gasteiger partial charge in [-0.25, -0.2) is 8.42 Å². The van der Waals surface area contributed by atoms with Crippen LogP contribution in [-0.4, -0.2) is 31.3 Å². The van der Waals surface area contributed by atoms with Gasteiger partial charge in [0, 0.05) is 0 Å². The van der Waals surface area contributed by atoms with E-state index in [1.165, 1.54) is 0 Å². The monoisotopic (exact) mass is 232 g/mol. The lowest BCUT2D eigenvalue weighted by molar-refractivity contribution is 0.126. The van der Waals surface area contributed by atoms with Crippen LogP contribution in [0.4, 0.5) is 0 Å². The average molecular weight is 232 g/mol. The molecule has 0 aromatic rings. The maximum absolute atomic E-state index is 11.1. The quantitative estimate of drug-likeness (QED) is 0.749. The summed E-state index contributed by atoms with van der Waals surface area (Å²) in [5.74, 6) is 0.756. The van der Waals surface area contributed by atoms with Gasteiger partial charge in [0.25, 0.3) is 0 Å². The maximum Gasteiger partial charge on any atom is 0.158 e. The molecule has 0 bridgehead atoms. The van der Waals surface area contributed by atoms with Crippen molar-refractivity contribution in [3.05, 3.63) is 6.42 Å². The zero-order chi connectivity index (χ0) is 11.5. The molecule has 0 unspecified atom stereocenters. The van der Waals surface area contributed by atoms with Crippen LogP contribution in [0, 0.1) is 12.3 Å². The van der Waals surface area contributed by atoms with Gasteiger partial charge in [-0.15, -0.1) is 0 Å². The van der Waals surface area contributed by atoms with Crippen LogP contribution < -0.4 is 0 Å². The van der Waals surface area contributed by atoms with Crippen LogP contribution in [0.15, 0.2) is 0 Å². The fourth-order valence-corrected chi connectivity index (χ4v) is 2.60. The maximum atomic E-state index is 11.1. The lowest BCUT2D eigenvalue weighted by Crippen LogP contribution is -2.49. The highest BCUT2D eigenvalue weighted by molar-refractivity contribution is 7.73. The second-order valence-electron chi connectivity index (χ2n) is 4.83. The van der Waals surface area contributed by atoms with E-state index in [0.717, 1.165) is 38.3 Å². The molecule has 3 nitrogen and oxygen atoms in total. The first-order valence-electron chi connectivity index (χ1n) is 5.66. The number of rotatable bonds is 4.